The fraction of sp³-hybridized carbons (Fsp3) is 0.300. The lowest BCUT2D eigenvalue weighted by molar-refractivity contribution is -0.118. The summed E-state index contributed by atoms with van der Waals surface area (Å²) in [5, 5.41) is 2.63. The zero-order chi connectivity index (χ0) is 21.0. The quantitative estimate of drug-likeness (QED) is 0.744. The molecule has 1 saturated heterocycles. The normalized spacial score (nSPS) is 14.3. The summed E-state index contributed by atoms with van der Waals surface area (Å²) in [6.07, 6.45) is 1.42. The lowest BCUT2D eigenvalue weighted by Crippen LogP contribution is -2.23. The van der Waals surface area contributed by atoms with Gasteiger partial charge in [-0.25, -0.2) is 12.7 Å². The van der Waals surface area contributed by atoms with E-state index >= 15 is 0 Å². The van der Waals surface area contributed by atoms with Gasteiger partial charge in [-0.1, -0.05) is 6.07 Å². The molecule has 2 aromatic rings. The molecule has 0 spiro atoms. The van der Waals surface area contributed by atoms with Gasteiger partial charge in [-0.2, -0.15) is 0 Å². The zero-order valence-corrected chi connectivity index (χ0v) is 17.1. The molecule has 2 amide bonds. The fourth-order valence-electron chi connectivity index (χ4n) is 2.93. The second-order valence-corrected chi connectivity index (χ2v) is 8.95. The molecule has 29 heavy (non-hydrogen) atoms. The molecule has 1 heterocycles. The molecule has 0 aliphatic carbocycles. The van der Waals surface area contributed by atoms with E-state index in [2.05, 4.69) is 5.32 Å². The standard InChI is InChI=1S/C20H23N3O5S/c1-22(2)29(26,27)18-6-3-5-15(13-18)21-19(24)14-28-17-10-8-16(9-11-17)23-12-4-7-20(23)25/h3,5-6,8-11,13H,4,7,12,14H2,1-2H3,(H,21,24). The first-order valence-electron chi connectivity index (χ1n) is 9.13. The summed E-state index contributed by atoms with van der Waals surface area (Å²) in [6, 6.07) is 13.0. The van der Waals surface area contributed by atoms with Gasteiger partial charge in [0.1, 0.15) is 5.75 Å². The van der Waals surface area contributed by atoms with E-state index in [1.54, 1.807) is 41.3 Å². The van der Waals surface area contributed by atoms with Gasteiger partial charge in [-0.05, 0) is 48.9 Å². The minimum Gasteiger partial charge on any atom is -0.484 e. The zero-order valence-electron chi connectivity index (χ0n) is 16.3. The highest BCUT2D eigenvalue weighted by Crippen LogP contribution is 2.24. The van der Waals surface area contributed by atoms with Crippen molar-refractivity contribution in [3.63, 3.8) is 0 Å². The summed E-state index contributed by atoms with van der Waals surface area (Å²) in [5.74, 6) is 0.194. The van der Waals surface area contributed by atoms with Crippen LogP contribution in [0.25, 0.3) is 0 Å². The lowest BCUT2D eigenvalue weighted by Gasteiger charge is -2.16. The smallest absolute Gasteiger partial charge is 0.262 e. The first-order valence-corrected chi connectivity index (χ1v) is 10.6. The second-order valence-electron chi connectivity index (χ2n) is 6.79. The summed E-state index contributed by atoms with van der Waals surface area (Å²) in [4.78, 5) is 25.7. The molecule has 1 aliphatic rings. The van der Waals surface area contributed by atoms with Gasteiger partial charge in [0, 0.05) is 38.4 Å². The molecule has 0 bridgehead atoms. The van der Waals surface area contributed by atoms with E-state index in [0.29, 0.717) is 24.4 Å². The average Bonchev–Trinajstić information content (AvgIpc) is 3.13. The SMILES string of the molecule is CN(C)S(=O)(=O)c1cccc(NC(=O)COc2ccc(N3CCCC3=O)cc2)c1. The number of anilines is 2. The van der Waals surface area contributed by atoms with Gasteiger partial charge < -0.3 is 15.0 Å². The van der Waals surface area contributed by atoms with Crippen molar-refractivity contribution < 1.29 is 22.7 Å². The lowest BCUT2D eigenvalue weighted by atomic mass is 10.3. The minimum absolute atomic E-state index is 0.0910. The maximum atomic E-state index is 12.2. The predicted molar refractivity (Wildman–Crippen MR) is 109 cm³/mol. The molecular weight excluding hydrogens is 394 g/mol. The van der Waals surface area contributed by atoms with Gasteiger partial charge in [-0.3, -0.25) is 9.59 Å². The fourth-order valence-corrected chi connectivity index (χ4v) is 3.88. The van der Waals surface area contributed by atoms with Crippen molar-refractivity contribution in [2.24, 2.45) is 0 Å². The summed E-state index contributed by atoms with van der Waals surface area (Å²) in [7, 11) is -0.695. The number of hydrogen-bond donors (Lipinski definition) is 1. The largest absolute Gasteiger partial charge is 0.484 e. The van der Waals surface area contributed by atoms with E-state index < -0.39 is 15.9 Å². The van der Waals surface area contributed by atoms with E-state index in [0.717, 1.165) is 16.4 Å². The summed E-state index contributed by atoms with van der Waals surface area (Å²) >= 11 is 0. The van der Waals surface area contributed by atoms with Crippen molar-refractivity contribution in [3.05, 3.63) is 48.5 Å². The Morgan fingerprint density at radius 1 is 1.17 bits per heavy atom. The van der Waals surface area contributed by atoms with Crippen molar-refractivity contribution in [2.45, 2.75) is 17.7 Å². The van der Waals surface area contributed by atoms with E-state index in [1.807, 2.05) is 0 Å². The third-order valence-electron chi connectivity index (χ3n) is 4.49. The van der Waals surface area contributed by atoms with Crippen LogP contribution in [0.3, 0.4) is 0 Å². The molecule has 8 nitrogen and oxygen atoms in total. The number of rotatable bonds is 7. The van der Waals surface area contributed by atoms with Crippen LogP contribution in [0.1, 0.15) is 12.8 Å². The van der Waals surface area contributed by atoms with Crippen molar-refractivity contribution >= 4 is 33.2 Å². The van der Waals surface area contributed by atoms with Crippen LogP contribution in [0.15, 0.2) is 53.4 Å². The molecule has 3 rings (SSSR count). The van der Waals surface area contributed by atoms with E-state index in [-0.39, 0.29) is 17.4 Å². The molecular formula is C20H23N3O5S. The maximum Gasteiger partial charge on any atom is 0.262 e. The van der Waals surface area contributed by atoms with Crippen LogP contribution in [-0.2, 0) is 19.6 Å². The predicted octanol–water partition coefficient (Wildman–Crippen LogP) is 2.08. The number of hydrogen-bond acceptors (Lipinski definition) is 5. The molecule has 9 heteroatoms. The molecule has 1 N–H and O–H groups in total. The first-order chi connectivity index (χ1) is 13.8. The molecule has 1 aliphatic heterocycles. The van der Waals surface area contributed by atoms with Crippen LogP contribution >= 0.6 is 0 Å². The second kappa shape index (κ2) is 8.62. The number of sulfonamides is 1. The van der Waals surface area contributed by atoms with Gasteiger partial charge in [0.2, 0.25) is 15.9 Å². The number of benzene rings is 2. The van der Waals surface area contributed by atoms with Crippen LogP contribution < -0.4 is 15.0 Å². The van der Waals surface area contributed by atoms with Crippen molar-refractivity contribution in [1.82, 2.24) is 4.31 Å². The number of carbonyl (C=O) groups excluding carboxylic acids is 2. The Morgan fingerprint density at radius 2 is 1.90 bits per heavy atom. The number of nitrogens with zero attached hydrogens (tertiary/aromatic N) is 2. The van der Waals surface area contributed by atoms with E-state index in [9.17, 15) is 18.0 Å². The number of nitrogens with one attached hydrogen (secondary N) is 1. The Balaban J connectivity index is 1.57. The molecule has 0 unspecified atom stereocenters. The van der Waals surface area contributed by atoms with Gasteiger partial charge in [0.25, 0.3) is 5.91 Å². The van der Waals surface area contributed by atoms with Gasteiger partial charge in [-0.15, -0.1) is 0 Å². The highest BCUT2D eigenvalue weighted by molar-refractivity contribution is 7.89. The van der Waals surface area contributed by atoms with Crippen LogP contribution in [-0.4, -0.2) is 51.8 Å². The van der Waals surface area contributed by atoms with Crippen LogP contribution in [0, 0.1) is 0 Å². The molecule has 154 valence electrons. The summed E-state index contributed by atoms with van der Waals surface area (Å²) < 4.78 is 31.0. The number of carbonyl (C=O) groups is 2. The van der Waals surface area contributed by atoms with Crippen molar-refractivity contribution in [2.75, 3.05) is 37.5 Å². The Hall–Kier alpha value is -2.91. The molecule has 1 fully saturated rings. The Bertz CT molecular complexity index is 1000. The molecule has 0 atom stereocenters. The Morgan fingerprint density at radius 3 is 2.52 bits per heavy atom. The van der Waals surface area contributed by atoms with Crippen molar-refractivity contribution in [3.8, 4) is 5.75 Å². The van der Waals surface area contributed by atoms with Crippen LogP contribution in [0.5, 0.6) is 5.75 Å². The molecule has 0 aromatic heterocycles. The van der Waals surface area contributed by atoms with E-state index in [4.69, 9.17) is 4.74 Å². The molecule has 0 saturated carbocycles. The van der Waals surface area contributed by atoms with Crippen LogP contribution in [0.2, 0.25) is 0 Å². The third-order valence-corrected chi connectivity index (χ3v) is 6.30. The summed E-state index contributed by atoms with van der Waals surface area (Å²) in [5.41, 5.74) is 1.17. The first kappa shape index (κ1) is 20.8. The minimum atomic E-state index is -3.58. The average molecular weight is 417 g/mol. The number of amides is 2. The third kappa shape index (κ3) is 4.93. The molecule has 2 aromatic carbocycles. The van der Waals surface area contributed by atoms with Gasteiger partial charge in [0.15, 0.2) is 6.61 Å². The Kier molecular flexibility index (Phi) is 6.19. The summed E-state index contributed by atoms with van der Waals surface area (Å²) in [6.45, 7) is 0.483. The highest BCUT2D eigenvalue weighted by atomic mass is 32.2. The van der Waals surface area contributed by atoms with E-state index in [1.165, 1.54) is 26.2 Å². The number of ether oxygens (including phenoxy) is 1. The molecule has 0 radical (unpaired) electrons. The topological polar surface area (TPSA) is 96.0 Å². The Labute approximate surface area is 170 Å². The monoisotopic (exact) mass is 417 g/mol. The highest BCUT2D eigenvalue weighted by Gasteiger charge is 2.21. The van der Waals surface area contributed by atoms with Gasteiger partial charge in [0.05, 0.1) is 4.90 Å². The maximum absolute atomic E-state index is 12.2. The van der Waals surface area contributed by atoms with Crippen molar-refractivity contribution in [1.29, 1.82) is 0 Å². The van der Waals surface area contributed by atoms with Gasteiger partial charge >= 0.3 is 0 Å². The van der Waals surface area contributed by atoms with Crippen LogP contribution in [0.4, 0.5) is 11.4 Å².